The van der Waals surface area contributed by atoms with Crippen LogP contribution in [0.4, 0.5) is 17.6 Å². The molecule has 3 N–H and O–H groups in total. The smallest absolute Gasteiger partial charge is 0.268 e. The summed E-state index contributed by atoms with van der Waals surface area (Å²) >= 11 is 0. The Balaban J connectivity index is 1.77. The Morgan fingerprint density at radius 2 is 1.94 bits per heavy atom. The summed E-state index contributed by atoms with van der Waals surface area (Å²) in [6.07, 6.45) is 1.50. The fourth-order valence-corrected chi connectivity index (χ4v) is 5.70. The fraction of sp³-hybridized carbons (Fsp3) is 0.609. The van der Waals surface area contributed by atoms with Gasteiger partial charge in [-0.2, -0.15) is 0 Å². The molecule has 0 aliphatic heterocycles. The number of primary amides is 1. The minimum Gasteiger partial charge on any atom is -0.364 e. The van der Waals surface area contributed by atoms with E-state index in [1.807, 2.05) is 0 Å². The summed E-state index contributed by atoms with van der Waals surface area (Å²) in [5, 5.41) is 0.0200. The maximum Gasteiger partial charge on any atom is 0.268 e. The zero-order valence-electron chi connectivity index (χ0n) is 17.8. The molecule has 2 aliphatic carbocycles. The number of hydrogen-bond acceptors (Lipinski definition) is 3. The Bertz CT molecular complexity index is 1070. The molecule has 2 heterocycles. The van der Waals surface area contributed by atoms with Gasteiger partial charge in [-0.15, -0.1) is 0 Å². The molecule has 32 heavy (non-hydrogen) atoms. The van der Waals surface area contributed by atoms with Crippen molar-refractivity contribution in [2.24, 2.45) is 23.5 Å². The Hall–Kier alpha value is -2.45. The molecule has 0 saturated heterocycles. The second-order valence-electron chi connectivity index (χ2n) is 9.31. The summed E-state index contributed by atoms with van der Waals surface area (Å²) in [6, 6.07) is 2.74. The van der Waals surface area contributed by atoms with Crippen LogP contribution in [-0.4, -0.2) is 27.7 Å². The van der Waals surface area contributed by atoms with Gasteiger partial charge >= 0.3 is 0 Å². The topological polar surface area (TPSA) is 88.8 Å². The largest absolute Gasteiger partial charge is 0.364 e. The van der Waals surface area contributed by atoms with Crippen LogP contribution in [0.15, 0.2) is 23.1 Å². The van der Waals surface area contributed by atoms with Crippen molar-refractivity contribution in [2.45, 2.75) is 69.6 Å². The summed E-state index contributed by atoms with van der Waals surface area (Å²) < 4.78 is 57.4. The van der Waals surface area contributed by atoms with E-state index in [0.717, 1.165) is 0 Å². The van der Waals surface area contributed by atoms with Gasteiger partial charge in [-0.05, 0) is 43.6 Å². The number of aromatic nitrogens is 2. The highest BCUT2D eigenvalue weighted by atomic mass is 19.3. The summed E-state index contributed by atoms with van der Waals surface area (Å²) in [5.74, 6) is -8.31. The molecule has 0 spiro atoms. The molecule has 4 rings (SSSR count). The van der Waals surface area contributed by atoms with Gasteiger partial charge in [0.25, 0.3) is 11.8 Å². The summed E-state index contributed by atoms with van der Waals surface area (Å²) in [5.41, 5.74) is 5.27. The molecule has 5 nitrogen and oxygen atoms in total. The van der Waals surface area contributed by atoms with Crippen molar-refractivity contribution in [3.63, 3.8) is 0 Å². The van der Waals surface area contributed by atoms with E-state index in [0.29, 0.717) is 17.6 Å². The van der Waals surface area contributed by atoms with Gasteiger partial charge < -0.3 is 10.7 Å². The third kappa shape index (κ3) is 4.13. The number of carbonyl (C=O) groups excluding carboxylic acids is 1. The number of pyridine rings is 2. The average Bonchev–Trinajstić information content (AvgIpc) is 2.72. The number of nitrogens with one attached hydrogen (secondary N) is 1. The molecule has 2 fully saturated rings. The number of alkyl halides is 4. The first kappa shape index (κ1) is 22.7. The van der Waals surface area contributed by atoms with Gasteiger partial charge in [-0.3, -0.25) is 14.6 Å². The molecule has 0 aromatic carbocycles. The second kappa shape index (κ2) is 8.15. The number of aromatic amines is 1. The van der Waals surface area contributed by atoms with Crippen molar-refractivity contribution >= 4 is 16.8 Å². The molecule has 1 amide bonds. The summed E-state index contributed by atoms with van der Waals surface area (Å²) in [6.45, 7) is 1.72. The molecule has 0 radical (unpaired) electrons. The molecule has 2 aromatic rings. The van der Waals surface area contributed by atoms with E-state index in [9.17, 15) is 27.2 Å². The van der Waals surface area contributed by atoms with Crippen LogP contribution in [0.1, 0.15) is 74.0 Å². The minimum absolute atomic E-state index is 0.0200. The molecule has 9 heteroatoms. The van der Waals surface area contributed by atoms with Gasteiger partial charge in [0.1, 0.15) is 5.69 Å². The van der Waals surface area contributed by atoms with Crippen LogP contribution in [0.25, 0.3) is 10.9 Å². The number of amides is 1. The highest BCUT2D eigenvalue weighted by molar-refractivity contribution is 6.03. The zero-order chi connectivity index (χ0) is 23.3. The number of halogens is 4. The quantitative estimate of drug-likeness (QED) is 0.639. The number of rotatable bonds is 4. The van der Waals surface area contributed by atoms with Crippen molar-refractivity contribution in [2.75, 3.05) is 0 Å². The Morgan fingerprint density at radius 1 is 1.25 bits per heavy atom. The monoisotopic (exact) mass is 453 g/mol. The lowest BCUT2D eigenvalue weighted by atomic mass is 9.62. The fourth-order valence-electron chi connectivity index (χ4n) is 5.70. The van der Waals surface area contributed by atoms with Crippen molar-refractivity contribution in [1.29, 1.82) is 0 Å². The average molecular weight is 453 g/mol. The van der Waals surface area contributed by atoms with Gasteiger partial charge in [0, 0.05) is 49.1 Å². The maximum atomic E-state index is 15.0. The molecule has 2 saturated carbocycles. The molecule has 0 bridgehead atoms. The van der Waals surface area contributed by atoms with Crippen molar-refractivity contribution in [1.82, 2.24) is 9.97 Å². The van der Waals surface area contributed by atoms with Crippen molar-refractivity contribution in [3.8, 4) is 0 Å². The minimum atomic E-state index is -2.92. The van der Waals surface area contributed by atoms with E-state index in [1.165, 1.54) is 18.3 Å². The third-order valence-electron chi connectivity index (χ3n) is 7.42. The van der Waals surface area contributed by atoms with E-state index < -0.39 is 41.4 Å². The number of H-pyrrole nitrogens is 1. The van der Waals surface area contributed by atoms with Crippen LogP contribution in [0.5, 0.6) is 0 Å². The van der Waals surface area contributed by atoms with Gasteiger partial charge in [-0.25, -0.2) is 17.6 Å². The lowest BCUT2D eigenvalue weighted by Crippen LogP contribution is -2.43. The van der Waals surface area contributed by atoms with Crippen molar-refractivity contribution in [3.05, 3.63) is 39.9 Å². The van der Waals surface area contributed by atoms with E-state index in [1.54, 1.807) is 6.92 Å². The molecule has 1 unspecified atom stereocenters. The molecule has 174 valence electrons. The van der Waals surface area contributed by atoms with E-state index in [-0.39, 0.29) is 55.0 Å². The maximum absolute atomic E-state index is 15.0. The van der Waals surface area contributed by atoms with Gasteiger partial charge in [-0.1, -0.05) is 6.92 Å². The van der Waals surface area contributed by atoms with Gasteiger partial charge in [0.15, 0.2) is 5.43 Å². The molecular weight excluding hydrogens is 426 g/mol. The van der Waals surface area contributed by atoms with Crippen LogP contribution in [0.3, 0.4) is 0 Å². The van der Waals surface area contributed by atoms with Crippen LogP contribution < -0.4 is 11.2 Å². The zero-order valence-corrected chi connectivity index (χ0v) is 17.8. The summed E-state index contributed by atoms with van der Waals surface area (Å²) in [7, 11) is 0. The predicted octanol–water partition coefficient (Wildman–Crippen LogP) is 5.00. The Kier molecular flexibility index (Phi) is 5.79. The first-order valence-electron chi connectivity index (χ1n) is 11.1. The SMILES string of the molecule is CCC1C[C@H](C2CCC(F)(F)CC2)[C@@H](c2cc(=O)c3c(C(N)=O)nccc3[nH]2)CC1(F)F. The molecule has 3 atom stereocenters. The van der Waals surface area contributed by atoms with Crippen LogP contribution in [0, 0.1) is 17.8 Å². The second-order valence-corrected chi connectivity index (χ2v) is 9.31. The number of fused-ring (bicyclic) bond motifs is 1. The number of hydrogen-bond donors (Lipinski definition) is 2. The highest BCUT2D eigenvalue weighted by Gasteiger charge is 2.51. The number of nitrogens with two attached hydrogens (primary N) is 1. The first-order valence-corrected chi connectivity index (χ1v) is 11.1. The highest BCUT2D eigenvalue weighted by Crippen LogP contribution is 2.54. The molecule has 2 aliphatic rings. The van der Waals surface area contributed by atoms with E-state index >= 15 is 0 Å². The predicted molar refractivity (Wildman–Crippen MR) is 112 cm³/mol. The number of nitrogens with zero attached hydrogens (tertiary/aromatic N) is 1. The molecule has 2 aromatic heterocycles. The van der Waals surface area contributed by atoms with E-state index in [4.69, 9.17) is 5.73 Å². The molecular formula is C23H27F4N3O2. The Morgan fingerprint density at radius 3 is 2.56 bits per heavy atom. The van der Waals surface area contributed by atoms with Gasteiger partial charge in [0.2, 0.25) is 5.92 Å². The lowest BCUT2D eigenvalue weighted by molar-refractivity contribution is -0.122. The lowest BCUT2D eigenvalue weighted by Gasteiger charge is -2.46. The third-order valence-corrected chi connectivity index (χ3v) is 7.42. The standard InChI is InChI=1S/C23H27F4N3O2/c1-2-13-9-14(12-3-6-22(24,25)7-4-12)15(11-23(13,26)27)17-10-18(31)19-16(30-17)5-8-29-20(19)21(28)32/h5,8,10,12-15H,2-4,6-7,9,11H2,1H3,(H2,28,32)(H,30,31)/t13?,14-,15+/m1/s1. The first-order chi connectivity index (χ1) is 15.0. The van der Waals surface area contributed by atoms with Crippen LogP contribution in [-0.2, 0) is 0 Å². The van der Waals surface area contributed by atoms with Crippen LogP contribution in [0.2, 0.25) is 0 Å². The Labute approximate surface area is 182 Å². The number of carbonyl (C=O) groups is 1. The van der Waals surface area contributed by atoms with Crippen molar-refractivity contribution < 1.29 is 22.4 Å². The van der Waals surface area contributed by atoms with Gasteiger partial charge in [0.05, 0.1) is 10.9 Å². The van der Waals surface area contributed by atoms with E-state index in [2.05, 4.69) is 9.97 Å². The normalized spacial score (nSPS) is 28.0. The summed E-state index contributed by atoms with van der Waals surface area (Å²) in [4.78, 5) is 31.5. The van der Waals surface area contributed by atoms with Crippen LogP contribution >= 0.6 is 0 Å².